The summed E-state index contributed by atoms with van der Waals surface area (Å²) in [6, 6.07) is 11.2. The number of halogens is 1. The summed E-state index contributed by atoms with van der Waals surface area (Å²) >= 11 is 6.46. The van der Waals surface area contributed by atoms with E-state index in [9.17, 15) is 4.79 Å². The summed E-state index contributed by atoms with van der Waals surface area (Å²) in [5, 5.41) is 4.92. The summed E-state index contributed by atoms with van der Waals surface area (Å²) in [5.41, 5.74) is 3.82. The van der Waals surface area contributed by atoms with Crippen molar-refractivity contribution in [2.75, 3.05) is 20.8 Å². The lowest BCUT2D eigenvalue weighted by atomic mass is 9.90. The quantitative estimate of drug-likeness (QED) is 0.366. The van der Waals surface area contributed by atoms with E-state index in [-0.39, 0.29) is 24.9 Å². The van der Waals surface area contributed by atoms with Crippen molar-refractivity contribution in [2.24, 2.45) is 0 Å². The highest BCUT2D eigenvalue weighted by Gasteiger charge is 2.38. The first-order valence-electron chi connectivity index (χ1n) is 11.2. The van der Waals surface area contributed by atoms with Gasteiger partial charge in [0, 0.05) is 16.5 Å². The van der Waals surface area contributed by atoms with Crippen molar-refractivity contribution in [3.8, 4) is 22.6 Å². The fraction of sp³-hybridized carbons (Fsp3) is 0.385. The van der Waals surface area contributed by atoms with E-state index in [4.69, 9.17) is 35.1 Å². The maximum Gasteiger partial charge on any atom is 0.308 e. The van der Waals surface area contributed by atoms with Crippen LogP contribution in [-0.2, 0) is 14.3 Å². The van der Waals surface area contributed by atoms with Crippen LogP contribution >= 0.6 is 11.6 Å². The minimum Gasteiger partial charge on any atom is -0.493 e. The Morgan fingerprint density at radius 3 is 2.62 bits per heavy atom. The van der Waals surface area contributed by atoms with Crippen LogP contribution in [-0.4, -0.2) is 32.0 Å². The van der Waals surface area contributed by atoms with E-state index in [2.05, 4.69) is 5.16 Å². The summed E-state index contributed by atoms with van der Waals surface area (Å²) < 4.78 is 28.9. The summed E-state index contributed by atoms with van der Waals surface area (Å²) in [4.78, 5) is 12.5. The number of fused-ring (bicyclic) bond motifs is 3. The number of aromatic nitrogens is 1. The fourth-order valence-electron chi connectivity index (χ4n) is 4.36. The third kappa shape index (κ3) is 4.38. The third-order valence-corrected chi connectivity index (χ3v) is 6.05. The largest absolute Gasteiger partial charge is 0.493 e. The molecule has 2 atom stereocenters. The molecule has 0 amide bonds. The average Bonchev–Trinajstić information content (AvgIpc) is 3.21. The van der Waals surface area contributed by atoms with Crippen LogP contribution in [0.2, 0.25) is 5.02 Å². The standard InChI is InChI=1S/C26H28ClNO6/c1-6-32-21(29)13-20-23-22(24(14(2)3)34-28-23)16-11-10-15(27)12-18(16)25(33-20)17-8-7-9-19(30-4)26(17)31-5/h7-12,14,20,25H,6,13H2,1-5H3. The highest BCUT2D eigenvalue weighted by atomic mass is 35.5. The minimum atomic E-state index is -0.711. The Labute approximate surface area is 203 Å². The molecule has 34 heavy (non-hydrogen) atoms. The molecule has 180 valence electrons. The van der Waals surface area contributed by atoms with Gasteiger partial charge in [0.15, 0.2) is 11.5 Å². The Kier molecular flexibility index (Phi) is 7.14. The molecule has 3 aromatic rings. The Balaban J connectivity index is 1.97. The lowest BCUT2D eigenvalue weighted by molar-refractivity contribution is -0.147. The zero-order chi connectivity index (χ0) is 24.4. The lowest BCUT2D eigenvalue weighted by Gasteiger charge is -2.25. The molecule has 0 saturated heterocycles. The smallest absolute Gasteiger partial charge is 0.308 e. The fourth-order valence-corrected chi connectivity index (χ4v) is 4.54. The first-order valence-corrected chi connectivity index (χ1v) is 11.6. The summed E-state index contributed by atoms with van der Waals surface area (Å²) in [7, 11) is 3.17. The second kappa shape index (κ2) is 10.1. The second-order valence-electron chi connectivity index (χ2n) is 8.29. The van der Waals surface area contributed by atoms with Gasteiger partial charge >= 0.3 is 5.97 Å². The topological polar surface area (TPSA) is 80.0 Å². The van der Waals surface area contributed by atoms with Crippen LogP contribution < -0.4 is 9.47 Å². The highest BCUT2D eigenvalue weighted by Crippen LogP contribution is 2.50. The Bertz CT molecular complexity index is 1190. The molecule has 2 heterocycles. The number of para-hydroxylation sites is 1. The number of rotatable bonds is 7. The number of carbonyl (C=O) groups is 1. The number of nitrogens with zero attached hydrogens (tertiary/aromatic N) is 1. The van der Waals surface area contributed by atoms with Crippen LogP contribution in [0.1, 0.15) is 67.9 Å². The minimum absolute atomic E-state index is 0.0184. The number of hydrogen-bond donors (Lipinski definition) is 0. The van der Waals surface area contributed by atoms with E-state index in [1.807, 2.05) is 50.2 Å². The van der Waals surface area contributed by atoms with Crippen molar-refractivity contribution in [3.63, 3.8) is 0 Å². The van der Waals surface area contributed by atoms with E-state index >= 15 is 0 Å². The Morgan fingerprint density at radius 1 is 1.15 bits per heavy atom. The van der Waals surface area contributed by atoms with Crippen molar-refractivity contribution in [3.05, 3.63) is 64.0 Å². The van der Waals surface area contributed by atoms with E-state index in [0.717, 1.165) is 22.3 Å². The molecule has 0 fully saturated rings. The van der Waals surface area contributed by atoms with Crippen molar-refractivity contribution in [2.45, 2.75) is 45.3 Å². The zero-order valence-electron chi connectivity index (χ0n) is 19.9. The van der Waals surface area contributed by atoms with Crippen LogP contribution in [0.3, 0.4) is 0 Å². The SMILES string of the molecule is CCOC(=O)CC1OC(c2cccc(OC)c2OC)c2cc(Cl)ccc2-c2c1noc2C(C)C. The average molecular weight is 486 g/mol. The molecule has 1 aromatic heterocycles. The normalized spacial score (nSPS) is 17.0. The Morgan fingerprint density at radius 2 is 1.94 bits per heavy atom. The number of carbonyl (C=O) groups excluding carboxylic acids is 1. The molecule has 0 spiro atoms. The zero-order valence-corrected chi connectivity index (χ0v) is 20.6. The molecule has 2 aromatic carbocycles. The van der Waals surface area contributed by atoms with Gasteiger partial charge in [-0.25, -0.2) is 0 Å². The molecule has 1 aliphatic rings. The van der Waals surface area contributed by atoms with Gasteiger partial charge in [-0.1, -0.05) is 48.8 Å². The molecular weight excluding hydrogens is 458 g/mol. The number of ether oxygens (including phenoxy) is 4. The summed E-state index contributed by atoms with van der Waals surface area (Å²) in [6.07, 6.45) is -1.35. The molecule has 7 nitrogen and oxygen atoms in total. The van der Waals surface area contributed by atoms with Crippen molar-refractivity contribution >= 4 is 17.6 Å². The number of hydrogen-bond acceptors (Lipinski definition) is 7. The maximum absolute atomic E-state index is 12.5. The van der Waals surface area contributed by atoms with Gasteiger partial charge in [-0.2, -0.15) is 0 Å². The highest BCUT2D eigenvalue weighted by molar-refractivity contribution is 6.30. The molecule has 0 bridgehead atoms. The van der Waals surface area contributed by atoms with Crippen molar-refractivity contribution in [1.29, 1.82) is 0 Å². The first kappa shape index (κ1) is 24.1. The molecule has 8 heteroatoms. The predicted molar refractivity (Wildman–Crippen MR) is 128 cm³/mol. The number of methoxy groups -OCH3 is 2. The van der Waals surface area contributed by atoms with Crippen LogP contribution in [0.25, 0.3) is 11.1 Å². The van der Waals surface area contributed by atoms with Gasteiger partial charge in [0.1, 0.15) is 23.7 Å². The molecule has 0 saturated carbocycles. The van der Waals surface area contributed by atoms with Crippen LogP contribution in [0, 0.1) is 0 Å². The van der Waals surface area contributed by atoms with Crippen LogP contribution in [0.15, 0.2) is 40.9 Å². The van der Waals surface area contributed by atoms with Gasteiger partial charge in [0.05, 0.1) is 32.8 Å². The molecule has 1 aliphatic heterocycles. The van der Waals surface area contributed by atoms with Crippen molar-refractivity contribution in [1.82, 2.24) is 5.16 Å². The maximum atomic E-state index is 12.5. The predicted octanol–water partition coefficient (Wildman–Crippen LogP) is 6.25. The second-order valence-corrected chi connectivity index (χ2v) is 8.73. The molecule has 4 rings (SSSR count). The summed E-state index contributed by atoms with van der Waals surface area (Å²) in [6.45, 7) is 6.11. The monoisotopic (exact) mass is 485 g/mol. The van der Waals surface area contributed by atoms with Gasteiger partial charge in [-0.15, -0.1) is 0 Å². The number of benzene rings is 2. The van der Waals surface area contributed by atoms with Gasteiger partial charge in [0.2, 0.25) is 0 Å². The van der Waals surface area contributed by atoms with E-state index in [0.29, 0.717) is 28.0 Å². The van der Waals surface area contributed by atoms with Gasteiger partial charge in [-0.05, 0) is 36.2 Å². The van der Waals surface area contributed by atoms with Crippen LogP contribution in [0.5, 0.6) is 11.5 Å². The first-order chi connectivity index (χ1) is 16.4. The van der Waals surface area contributed by atoms with E-state index < -0.39 is 12.2 Å². The van der Waals surface area contributed by atoms with E-state index in [1.54, 1.807) is 21.1 Å². The van der Waals surface area contributed by atoms with Gasteiger partial charge in [-0.3, -0.25) is 4.79 Å². The Hall–Kier alpha value is -3.03. The van der Waals surface area contributed by atoms with E-state index in [1.165, 1.54) is 0 Å². The number of esters is 1. The molecule has 0 radical (unpaired) electrons. The summed E-state index contributed by atoms with van der Waals surface area (Å²) in [5.74, 6) is 1.51. The van der Waals surface area contributed by atoms with Gasteiger partial charge < -0.3 is 23.5 Å². The van der Waals surface area contributed by atoms with Crippen molar-refractivity contribution < 1.29 is 28.3 Å². The molecule has 2 unspecified atom stereocenters. The van der Waals surface area contributed by atoms with Crippen LogP contribution in [0.4, 0.5) is 0 Å². The molecule has 0 aliphatic carbocycles. The molecule has 0 N–H and O–H groups in total. The van der Waals surface area contributed by atoms with Gasteiger partial charge in [0.25, 0.3) is 0 Å². The third-order valence-electron chi connectivity index (χ3n) is 5.81. The molecular formula is C26H28ClNO6. The lowest BCUT2D eigenvalue weighted by Crippen LogP contribution is -2.16.